The summed E-state index contributed by atoms with van der Waals surface area (Å²) in [6, 6.07) is 0. The molecule has 0 aliphatic heterocycles. The Morgan fingerprint density at radius 3 is 2.91 bits per heavy atom. The summed E-state index contributed by atoms with van der Waals surface area (Å²) < 4.78 is 0. The Labute approximate surface area is 77.4 Å². The molecular weight excluding hydrogens is 197 g/mol. The van der Waals surface area contributed by atoms with Crippen LogP contribution in [-0.4, -0.2) is 17.2 Å². The predicted octanol–water partition coefficient (Wildman–Crippen LogP) is 2.12. The molecule has 0 heterocycles. The van der Waals surface area contributed by atoms with E-state index in [-0.39, 0.29) is 0 Å². The van der Waals surface area contributed by atoms with Gasteiger partial charge in [0.1, 0.15) is 0 Å². The Balaban J connectivity index is 3.61. The first-order valence-corrected chi connectivity index (χ1v) is 7.80. The Bertz CT molecular complexity index is 163. The topological polar surface area (TPSA) is 32.3 Å². The van der Waals surface area contributed by atoms with E-state index in [1.807, 2.05) is 0 Å². The van der Waals surface area contributed by atoms with Crippen LogP contribution in [0.25, 0.3) is 0 Å². The Hall–Kier alpha value is 0.660. The van der Waals surface area contributed by atoms with Crippen LogP contribution in [0.3, 0.4) is 0 Å². The minimum absolute atomic E-state index is 0.588. The molecule has 0 fully saturated rings. The molecule has 0 aromatic carbocycles. The highest BCUT2D eigenvalue weighted by atomic mass is 32.9. The lowest BCUT2D eigenvalue weighted by atomic mass is 10.6. The number of nitrogens with one attached hydrogen (secondary N) is 1. The van der Waals surface area contributed by atoms with Gasteiger partial charge in [0.05, 0.1) is 0 Å². The van der Waals surface area contributed by atoms with Gasteiger partial charge in [-0.05, 0) is 18.2 Å². The minimum Gasteiger partial charge on any atom is -0.346 e. The minimum atomic E-state index is -2.30. The van der Waals surface area contributed by atoms with Crippen LogP contribution in [-0.2, 0) is 11.8 Å². The van der Waals surface area contributed by atoms with E-state index in [2.05, 4.69) is 18.6 Å². The van der Waals surface area contributed by atoms with Crippen LogP contribution < -0.4 is 5.09 Å². The Morgan fingerprint density at radius 2 is 2.45 bits per heavy atom. The van der Waals surface area contributed by atoms with E-state index in [0.717, 1.165) is 12.2 Å². The normalized spacial score (nSPS) is 15.8. The largest absolute Gasteiger partial charge is 0.346 e. The van der Waals surface area contributed by atoms with Crippen molar-refractivity contribution in [3.8, 4) is 0 Å². The molecule has 0 aliphatic rings. The Morgan fingerprint density at radius 1 is 1.82 bits per heavy atom. The van der Waals surface area contributed by atoms with Crippen molar-refractivity contribution in [1.29, 1.82) is 0 Å². The van der Waals surface area contributed by atoms with Crippen molar-refractivity contribution < 1.29 is 4.89 Å². The van der Waals surface area contributed by atoms with Crippen molar-refractivity contribution in [3.05, 3.63) is 12.7 Å². The third-order valence-corrected chi connectivity index (χ3v) is 5.75. The van der Waals surface area contributed by atoms with Gasteiger partial charge in [-0.15, -0.1) is 6.58 Å². The molecule has 5 heteroatoms. The van der Waals surface area contributed by atoms with E-state index in [1.54, 1.807) is 6.08 Å². The summed E-state index contributed by atoms with van der Waals surface area (Å²) >= 11 is 6.39. The van der Waals surface area contributed by atoms with E-state index in [9.17, 15) is 4.89 Å². The van der Waals surface area contributed by atoms with Crippen LogP contribution in [0, 0.1) is 0 Å². The average Bonchev–Trinajstić information content (AvgIpc) is 1.97. The first kappa shape index (κ1) is 11.7. The first-order valence-electron chi connectivity index (χ1n) is 3.45. The monoisotopic (exact) mass is 211 g/mol. The van der Waals surface area contributed by atoms with Gasteiger partial charge >= 0.3 is 0 Å². The van der Waals surface area contributed by atoms with Gasteiger partial charge in [-0.1, -0.05) is 24.4 Å². The quantitative estimate of drug-likeness (QED) is 0.520. The standard InChI is InChI=1S/C6H14NOPS2/c1-3-5-7-9(8,10)11-6-4-2/h3H,1,4-6H2,2H3,(H2,7,8,10). The van der Waals surface area contributed by atoms with Crippen molar-refractivity contribution in [1.82, 2.24) is 5.09 Å². The second-order valence-corrected chi connectivity index (χ2v) is 8.67. The van der Waals surface area contributed by atoms with Gasteiger partial charge in [-0.25, -0.2) is 0 Å². The zero-order chi connectivity index (χ0) is 8.74. The summed E-state index contributed by atoms with van der Waals surface area (Å²) in [4.78, 5) is 9.51. The molecule has 0 saturated carbocycles. The SMILES string of the molecule is C=CCNP(O)(=S)SCCC. The maximum atomic E-state index is 9.51. The fourth-order valence-electron chi connectivity index (χ4n) is 0.441. The van der Waals surface area contributed by atoms with Gasteiger partial charge < -0.3 is 4.89 Å². The van der Waals surface area contributed by atoms with Gasteiger partial charge in [-0.2, -0.15) is 0 Å². The van der Waals surface area contributed by atoms with Crippen LogP contribution in [0.15, 0.2) is 12.7 Å². The molecule has 0 aromatic rings. The van der Waals surface area contributed by atoms with Crippen molar-refractivity contribution in [3.63, 3.8) is 0 Å². The van der Waals surface area contributed by atoms with Crippen LogP contribution in [0.2, 0.25) is 0 Å². The highest BCUT2D eigenvalue weighted by Gasteiger charge is 2.09. The van der Waals surface area contributed by atoms with Gasteiger partial charge in [0.25, 0.3) is 0 Å². The third-order valence-electron chi connectivity index (χ3n) is 0.906. The lowest BCUT2D eigenvalue weighted by Gasteiger charge is -2.13. The molecule has 0 rings (SSSR count). The van der Waals surface area contributed by atoms with Crippen molar-refractivity contribution >= 4 is 28.8 Å². The van der Waals surface area contributed by atoms with Crippen LogP contribution in [0.4, 0.5) is 0 Å². The molecule has 0 aliphatic carbocycles. The molecule has 1 unspecified atom stereocenters. The molecule has 0 aromatic heterocycles. The van der Waals surface area contributed by atoms with E-state index < -0.39 is 5.62 Å². The molecule has 0 saturated heterocycles. The van der Waals surface area contributed by atoms with Crippen molar-refractivity contribution in [2.24, 2.45) is 0 Å². The molecule has 2 N–H and O–H groups in total. The first-order chi connectivity index (χ1) is 5.12. The molecule has 66 valence electrons. The summed E-state index contributed by atoms with van der Waals surface area (Å²) in [5, 5.41) is 2.87. The molecule has 0 radical (unpaired) electrons. The highest BCUT2D eigenvalue weighted by molar-refractivity contribution is 8.68. The summed E-state index contributed by atoms with van der Waals surface area (Å²) in [7, 11) is 0. The van der Waals surface area contributed by atoms with Crippen molar-refractivity contribution in [2.45, 2.75) is 13.3 Å². The van der Waals surface area contributed by atoms with Crippen molar-refractivity contribution in [2.75, 3.05) is 12.3 Å². The lowest BCUT2D eigenvalue weighted by molar-refractivity contribution is 0.626. The molecule has 0 bridgehead atoms. The molecule has 0 amide bonds. The fraction of sp³-hybridized carbons (Fsp3) is 0.667. The lowest BCUT2D eigenvalue weighted by Crippen LogP contribution is -2.07. The van der Waals surface area contributed by atoms with E-state index in [0.29, 0.717) is 6.54 Å². The highest BCUT2D eigenvalue weighted by Crippen LogP contribution is 2.50. The van der Waals surface area contributed by atoms with E-state index >= 15 is 0 Å². The van der Waals surface area contributed by atoms with Crippen LogP contribution >= 0.6 is 17.0 Å². The maximum Gasteiger partial charge on any atom is 0.183 e. The molecule has 11 heavy (non-hydrogen) atoms. The smallest absolute Gasteiger partial charge is 0.183 e. The van der Waals surface area contributed by atoms with Gasteiger partial charge in [0, 0.05) is 12.3 Å². The summed E-state index contributed by atoms with van der Waals surface area (Å²) in [5.74, 6) is 0.915. The summed E-state index contributed by atoms with van der Waals surface area (Å²) in [6.07, 6.45) is 2.74. The van der Waals surface area contributed by atoms with E-state index in [1.165, 1.54) is 11.4 Å². The van der Waals surface area contributed by atoms with Gasteiger partial charge in [0.15, 0.2) is 5.62 Å². The number of rotatable bonds is 6. The van der Waals surface area contributed by atoms with Gasteiger partial charge in [0.2, 0.25) is 0 Å². The predicted molar refractivity (Wildman–Crippen MR) is 57.5 cm³/mol. The van der Waals surface area contributed by atoms with Crippen LogP contribution in [0.5, 0.6) is 0 Å². The summed E-state index contributed by atoms with van der Waals surface area (Å²) in [5.41, 5.74) is -2.30. The zero-order valence-electron chi connectivity index (χ0n) is 6.62. The number of hydrogen-bond donors (Lipinski definition) is 2. The Kier molecular flexibility index (Phi) is 6.58. The summed E-state index contributed by atoms with van der Waals surface area (Å²) in [6.45, 7) is 6.19. The average molecular weight is 211 g/mol. The maximum absolute atomic E-state index is 9.51. The second kappa shape index (κ2) is 6.21. The molecular formula is C6H14NOPS2. The fourth-order valence-corrected chi connectivity index (χ4v) is 4.00. The molecule has 0 spiro atoms. The zero-order valence-corrected chi connectivity index (χ0v) is 9.14. The van der Waals surface area contributed by atoms with Gasteiger partial charge in [-0.3, -0.25) is 5.09 Å². The van der Waals surface area contributed by atoms with Crippen LogP contribution in [0.1, 0.15) is 13.3 Å². The second-order valence-electron chi connectivity index (χ2n) is 2.00. The van der Waals surface area contributed by atoms with E-state index in [4.69, 9.17) is 11.8 Å². The molecule has 1 atom stereocenters. The third kappa shape index (κ3) is 7.04. The molecule has 2 nitrogen and oxygen atoms in total. The number of hydrogen-bond acceptors (Lipinski definition) is 2.